The maximum absolute atomic E-state index is 10.5. The van der Waals surface area contributed by atoms with Crippen molar-refractivity contribution in [3.05, 3.63) is 24.4 Å². The van der Waals surface area contributed by atoms with Gasteiger partial charge < -0.3 is 19.2 Å². The van der Waals surface area contributed by atoms with E-state index < -0.39 is 12.6 Å². The average Bonchev–Trinajstić information content (AvgIpc) is 2.87. The zero-order valence-corrected chi connectivity index (χ0v) is 11.5. The number of ether oxygens (including phenoxy) is 1. The van der Waals surface area contributed by atoms with Gasteiger partial charge in [-0.1, -0.05) is 0 Å². The van der Waals surface area contributed by atoms with Crippen LogP contribution in [0.5, 0.6) is 6.08 Å². The van der Waals surface area contributed by atoms with Crippen molar-refractivity contribution in [1.82, 2.24) is 9.97 Å². The molecule has 2 heterocycles. The Bertz CT molecular complexity index is 826. The number of carboxylic acid groups (broad SMARTS) is 1. The number of hydrogen-bond acceptors (Lipinski definition) is 6. The molecule has 7 heteroatoms. The molecule has 3 rings (SSSR count). The predicted molar refractivity (Wildman–Crippen MR) is 76.8 cm³/mol. The smallest absolute Gasteiger partial charge is 0.395 e. The maximum atomic E-state index is 10.5. The van der Waals surface area contributed by atoms with Crippen LogP contribution in [0.2, 0.25) is 0 Å². The Hall–Kier alpha value is -2.83. The van der Waals surface area contributed by atoms with E-state index in [0.717, 1.165) is 11.1 Å². The third-order valence-electron chi connectivity index (χ3n) is 3.01. The minimum atomic E-state index is -1.09. The number of hydrogen-bond donors (Lipinski definition) is 1. The molecule has 0 saturated heterocycles. The molecule has 0 fully saturated rings. The van der Waals surface area contributed by atoms with Gasteiger partial charge in [-0.3, -0.25) is 4.98 Å². The lowest BCUT2D eigenvalue weighted by Crippen LogP contribution is -2.09. The van der Waals surface area contributed by atoms with Crippen LogP contribution in [0.1, 0.15) is 0 Å². The van der Waals surface area contributed by atoms with Crippen LogP contribution in [0.25, 0.3) is 22.0 Å². The molecule has 3 aromatic rings. The number of aliphatic carboxylic acids is 1. The Labute approximate surface area is 119 Å². The number of anilines is 1. The van der Waals surface area contributed by atoms with Crippen LogP contribution < -0.4 is 9.64 Å². The molecule has 21 heavy (non-hydrogen) atoms. The summed E-state index contributed by atoms with van der Waals surface area (Å²) in [5, 5.41) is 9.55. The van der Waals surface area contributed by atoms with Crippen LogP contribution in [0.4, 0.5) is 5.69 Å². The van der Waals surface area contributed by atoms with E-state index in [1.807, 2.05) is 37.2 Å². The summed E-state index contributed by atoms with van der Waals surface area (Å²) in [7, 11) is 3.85. The number of fused-ring (bicyclic) bond motifs is 3. The molecule has 0 spiro atoms. The molecule has 0 aliphatic rings. The molecule has 0 aliphatic carbocycles. The second-order valence-electron chi connectivity index (χ2n) is 4.70. The van der Waals surface area contributed by atoms with Crippen LogP contribution in [-0.2, 0) is 4.79 Å². The van der Waals surface area contributed by atoms with Gasteiger partial charge in [0.25, 0.3) is 0 Å². The van der Waals surface area contributed by atoms with Crippen molar-refractivity contribution in [2.45, 2.75) is 0 Å². The largest absolute Gasteiger partial charge is 0.479 e. The number of nitrogens with zero attached hydrogens (tertiary/aromatic N) is 3. The van der Waals surface area contributed by atoms with Crippen LogP contribution in [0.15, 0.2) is 28.8 Å². The summed E-state index contributed by atoms with van der Waals surface area (Å²) >= 11 is 0. The van der Waals surface area contributed by atoms with Gasteiger partial charge in [-0.25, -0.2) is 4.79 Å². The van der Waals surface area contributed by atoms with E-state index in [-0.39, 0.29) is 6.08 Å². The third kappa shape index (κ3) is 2.33. The van der Waals surface area contributed by atoms with E-state index in [2.05, 4.69) is 9.97 Å². The fraction of sp³-hybridized carbons (Fsp3) is 0.214. The van der Waals surface area contributed by atoms with Crippen LogP contribution >= 0.6 is 0 Å². The lowest BCUT2D eigenvalue weighted by Gasteiger charge is -2.14. The summed E-state index contributed by atoms with van der Waals surface area (Å²) in [6, 6.07) is 5.65. The van der Waals surface area contributed by atoms with Crippen LogP contribution in [0, 0.1) is 0 Å². The molecule has 0 unspecified atom stereocenters. The van der Waals surface area contributed by atoms with Crippen molar-refractivity contribution in [2.75, 3.05) is 25.6 Å². The number of rotatable bonds is 4. The SMILES string of the molecule is CN(C)c1cc2nc(OCC(=O)O)oc2c2ncccc12. The molecule has 1 aromatic carbocycles. The van der Waals surface area contributed by atoms with Gasteiger partial charge in [0.1, 0.15) is 11.0 Å². The molecular formula is C14H13N3O4. The molecule has 0 bridgehead atoms. The molecule has 2 aromatic heterocycles. The van der Waals surface area contributed by atoms with E-state index >= 15 is 0 Å². The Morgan fingerprint density at radius 2 is 2.29 bits per heavy atom. The van der Waals surface area contributed by atoms with Gasteiger partial charge in [0.05, 0.1) is 0 Å². The normalized spacial score (nSPS) is 11.0. The molecule has 108 valence electrons. The molecule has 0 saturated carbocycles. The fourth-order valence-corrected chi connectivity index (χ4v) is 2.13. The van der Waals surface area contributed by atoms with Gasteiger partial charge >= 0.3 is 12.0 Å². The van der Waals surface area contributed by atoms with Crippen molar-refractivity contribution in [3.63, 3.8) is 0 Å². The molecule has 0 amide bonds. The number of carboxylic acids is 1. The van der Waals surface area contributed by atoms with Gasteiger partial charge in [-0.15, -0.1) is 0 Å². The lowest BCUT2D eigenvalue weighted by molar-refractivity contribution is -0.139. The van der Waals surface area contributed by atoms with Gasteiger partial charge in [0.15, 0.2) is 12.2 Å². The second kappa shape index (κ2) is 4.93. The first-order valence-corrected chi connectivity index (χ1v) is 6.26. The molecule has 0 atom stereocenters. The third-order valence-corrected chi connectivity index (χ3v) is 3.01. The predicted octanol–water partition coefficient (Wildman–Crippen LogP) is 1.91. The Morgan fingerprint density at radius 3 is 3.00 bits per heavy atom. The minimum absolute atomic E-state index is 0.0738. The summed E-state index contributed by atoms with van der Waals surface area (Å²) in [4.78, 5) is 21.0. The first kappa shape index (κ1) is 13.2. The summed E-state index contributed by atoms with van der Waals surface area (Å²) in [6.45, 7) is -0.501. The van der Waals surface area contributed by atoms with E-state index in [0.29, 0.717) is 16.6 Å². The number of benzene rings is 1. The van der Waals surface area contributed by atoms with E-state index in [1.165, 1.54) is 0 Å². The van der Waals surface area contributed by atoms with Crippen molar-refractivity contribution >= 4 is 33.7 Å². The summed E-state index contributed by atoms with van der Waals surface area (Å²) in [5.41, 5.74) is 2.67. The van der Waals surface area contributed by atoms with Gasteiger partial charge in [-0.2, -0.15) is 4.98 Å². The van der Waals surface area contributed by atoms with Crippen LogP contribution in [-0.4, -0.2) is 41.7 Å². The van der Waals surface area contributed by atoms with E-state index in [4.69, 9.17) is 14.3 Å². The molecule has 7 nitrogen and oxygen atoms in total. The van der Waals surface area contributed by atoms with Crippen molar-refractivity contribution in [1.29, 1.82) is 0 Å². The lowest BCUT2D eigenvalue weighted by atomic mass is 10.1. The molecule has 1 N–H and O–H groups in total. The number of pyridine rings is 1. The average molecular weight is 287 g/mol. The zero-order chi connectivity index (χ0) is 15.0. The van der Waals surface area contributed by atoms with E-state index in [1.54, 1.807) is 6.20 Å². The van der Waals surface area contributed by atoms with Crippen molar-refractivity contribution in [3.8, 4) is 6.08 Å². The highest BCUT2D eigenvalue weighted by Gasteiger charge is 2.16. The quantitative estimate of drug-likeness (QED) is 0.783. The highest BCUT2D eigenvalue weighted by molar-refractivity contribution is 6.07. The monoisotopic (exact) mass is 287 g/mol. The summed E-state index contributed by atoms with van der Waals surface area (Å²) < 4.78 is 10.5. The van der Waals surface area contributed by atoms with Crippen molar-refractivity contribution < 1.29 is 19.1 Å². The molecule has 0 radical (unpaired) electrons. The van der Waals surface area contributed by atoms with Gasteiger partial charge in [0.2, 0.25) is 0 Å². The van der Waals surface area contributed by atoms with Gasteiger partial charge in [-0.05, 0) is 18.2 Å². The summed E-state index contributed by atoms with van der Waals surface area (Å²) in [5.74, 6) is -1.09. The number of carbonyl (C=O) groups is 1. The Kier molecular flexibility index (Phi) is 3.09. The number of oxazole rings is 1. The van der Waals surface area contributed by atoms with Crippen molar-refractivity contribution in [2.24, 2.45) is 0 Å². The first-order chi connectivity index (χ1) is 10.1. The standard InChI is InChI=1S/C14H13N3O4/c1-17(2)10-6-9-13(12-8(10)4-3-5-15-12)21-14(16-9)20-7-11(18)19/h3-6H,7H2,1-2H3,(H,18,19). The molecular weight excluding hydrogens is 274 g/mol. The Morgan fingerprint density at radius 1 is 1.48 bits per heavy atom. The molecule has 0 aliphatic heterocycles. The first-order valence-electron chi connectivity index (χ1n) is 6.26. The highest BCUT2D eigenvalue weighted by Crippen LogP contribution is 2.33. The minimum Gasteiger partial charge on any atom is -0.479 e. The topological polar surface area (TPSA) is 88.7 Å². The maximum Gasteiger partial charge on any atom is 0.395 e. The van der Waals surface area contributed by atoms with Gasteiger partial charge in [0, 0.05) is 31.4 Å². The van der Waals surface area contributed by atoms with E-state index in [9.17, 15) is 4.79 Å². The second-order valence-corrected chi connectivity index (χ2v) is 4.70. The highest BCUT2D eigenvalue weighted by atomic mass is 16.6. The fourth-order valence-electron chi connectivity index (χ4n) is 2.13. The summed E-state index contributed by atoms with van der Waals surface area (Å²) in [6.07, 6.45) is 1.59. The van der Waals surface area contributed by atoms with Crippen LogP contribution in [0.3, 0.4) is 0 Å². The zero-order valence-electron chi connectivity index (χ0n) is 11.5. The number of aromatic nitrogens is 2. The Balaban J connectivity index is 2.20.